The number of carbonyl (C=O) groups is 2. The van der Waals surface area contributed by atoms with Gasteiger partial charge in [0.15, 0.2) is 5.82 Å². The minimum absolute atomic E-state index is 0.0541. The lowest BCUT2D eigenvalue weighted by molar-refractivity contribution is 0.0931. The average molecular weight is 487 g/mol. The van der Waals surface area contributed by atoms with Crippen molar-refractivity contribution in [3.8, 4) is 11.4 Å². The van der Waals surface area contributed by atoms with Gasteiger partial charge >= 0.3 is 5.69 Å². The molecule has 2 aromatic heterocycles. The van der Waals surface area contributed by atoms with Crippen LogP contribution in [-0.4, -0.2) is 37.0 Å². The van der Waals surface area contributed by atoms with Crippen LogP contribution in [-0.2, 0) is 13.0 Å². The number of fused-ring (bicyclic) bond motifs is 1. The molecule has 1 unspecified atom stereocenters. The molecule has 1 aliphatic carbocycles. The van der Waals surface area contributed by atoms with E-state index in [4.69, 9.17) is 0 Å². The van der Waals surface area contributed by atoms with Crippen molar-refractivity contribution in [1.82, 2.24) is 35.8 Å². The van der Waals surface area contributed by atoms with E-state index in [1.807, 2.05) is 18.2 Å². The number of hydrogen-bond acceptors (Lipinski definition) is 6. The van der Waals surface area contributed by atoms with Crippen LogP contribution in [0.15, 0.2) is 53.6 Å². The number of aromatic nitrogens is 5. The van der Waals surface area contributed by atoms with Gasteiger partial charge in [0.2, 0.25) is 0 Å². The minimum atomic E-state index is -0.469. The smallest absolute Gasteiger partial charge is 0.340 e. The van der Waals surface area contributed by atoms with Crippen LogP contribution in [0.3, 0.4) is 0 Å². The molecule has 0 fully saturated rings. The number of aromatic amines is 2. The van der Waals surface area contributed by atoms with E-state index in [1.165, 1.54) is 18.5 Å². The fraction of sp³-hybridized carbons (Fsp3) is 0.200. The molecule has 0 aliphatic heterocycles. The van der Waals surface area contributed by atoms with Gasteiger partial charge in [-0.3, -0.25) is 14.6 Å². The van der Waals surface area contributed by atoms with Crippen LogP contribution in [0.1, 0.15) is 55.7 Å². The van der Waals surface area contributed by atoms with E-state index in [9.17, 15) is 18.8 Å². The molecule has 36 heavy (non-hydrogen) atoms. The highest BCUT2D eigenvalue weighted by Gasteiger charge is 2.26. The molecular formula is C25H22FN7O3. The zero-order chi connectivity index (χ0) is 25.2. The van der Waals surface area contributed by atoms with Crippen LogP contribution in [0, 0.1) is 12.7 Å². The lowest BCUT2D eigenvalue weighted by Gasteiger charge is -2.14. The van der Waals surface area contributed by atoms with Gasteiger partial charge in [-0.15, -0.1) is 0 Å². The zero-order valence-electron chi connectivity index (χ0n) is 19.3. The van der Waals surface area contributed by atoms with Gasteiger partial charge in [0.25, 0.3) is 11.8 Å². The Kier molecular flexibility index (Phi) is 6.11. The number of nitrogens with zero attached hydrogens (tertiary/aromatic N) is 3. The number of rotatable bonds is 6. The second-order valence-corrected chi connectivity index (χ2v) is 8.56. The predicted molar refractivity (Wildman–Crippen MR) is 128 cm³/mol. The molecule has 2 heterocycles. The molecule has 11 heteroatoms. The van der Waals surface area contributed by atoms with E-state index < -0.39 is 11.8 Å². The highest BCUT2D eigenvalue weighted by Crippen LogP contribution is 2.33. The van der Waals surface area contributed by atoms with Gasteiger partial charge in [-0.2, -0.15) is 5.10 Å². The molecule has 182 valence electrons. The Hall–Kier alpha value is -4.67. The molecule has 0 spiro atoms. The van der Waals surface area contributed by atoms with E-state index in [2.05, 4.69) is 35.8 Å². The number of halogens is 1. The minimum Gasteiger partial charge on any atom is -0.347 e. The van der Waals surface area contributed by atoms with Gasteiger partial charge in [-0.1, -0.05) is 24.3 Å². The summed E-state index contributed by atoms with van der Waals surface area (Å²) < 4.78 is 13.4. The van der Waals surface area contributed by atoms with Crippen molar-refractivity contribution in [2.75, 3.05) is 0 Å². The topological polar surface area (TPSA) is 146 Å². The van der Waals surface area contributed by atoms with E-state index in [0.717, 1.165) is 28.7 Å². The van der Waals surface area contributed by atoms with Gasteiger partial charge in [0, 0.05) is 18.2 Å². The monoisotopic (exact) mass is 487 g/mol. The van der Waals surface area contributed by atoms with Gasteiger partial charge in [0.1, 0.15) is 23.5 Å². The van der Waals surface area contributed by atoms with Crippen LogP contribution in [0.25, 0.3) is 11.4 Å². The number of benzene rings is 2. The van der Waals surface area contributed by atoms with E-state index in [1.54, 1.807) is 19.1 Å². The normalized spacial score (nSPS) is 14.3. The summed E-state index contributed by atoms with van der Waals surface area (Å²) in [6.07, 6.45) is 2.63. The summed E-state index contributed by atoms with van der Waals surface area (Å²) >= 11 is 0. The Morgan fingerprint density at radius 3 is 2.64 bits per heavy atom. The summed E-state index contributed by atoms with van der Waals surface area (Å²) in [5.74, 6) is -0.741. The molecule has 2 aromatic carbocycles. The van der Waals surface area contributed by atoms with Gasteiger partial charge < -0.3 is 10.6 Å². The maximum Gasteiger partial charge on any atom is 0.340 e. The summed E-state index contributed by atoms with van der Waals surface area (Å²) in [5.41, 5.74) is 3.80. The van der Waals surface area contributed by atoms with Crippen molar-refractivity contribution in [1.29, 1.82) is 0 Å². The summed E-state index contributed by atoms with van der Waals surface area (Å²) in [6, 6.07) is 11.4. The van der Waals surface area contributed by atoms with Crippen LogP contribution in [0.4, 0.5) is 4.39 Å². The number of amides is 2. The lowest BCUT2D eigenvalue weighted by atomic mass is 10.0. The van der Waals surface area contributed by atoms with Crippen molar-refractivity contribution < 1.29 is 14.0 Å². The van der Waals surface area contributed by atoms with Gasteiger partial charge in [-0.25, -0.2) is 24.3 Å². The Labute approximate surface area is 204 Å². The van der Waals surface area contributed by atoms with Crippen LogP contribution < -0.4 is 16.3 Å². The quantitative estimate of drug-likeness (QED) is 0.328. The molecule has 0 saturated heterocycles. The first-order valence-electron chi connectivity index (χ1n) is 11.3. The van der Waals surface area contributed by atoms with Crippen molar-refractivity contribution in [2.45, 2.75) is 32.4 Å². The SMILES string of the molecule is Cc1cc(CNC(=O)c2cc(C(=O)NC3CCc4cc(-c5n[nH]c(=O)[nH]5)ccc43)ncn2)ccc1F. The number of H-pyrrole nitrogens is 2. The maximum absolute atomic E-state index is 13.4. The highest BCUT2D eigenvalue weighted by atomic mass is 19.1. The largest absolute Gasteiger partial charge is 0.347 e. The summed E-state index contributed by atoms with van der Waals surface area (Å²) in [7, 11) is 0. The molecular weight excluding hydrogens is 465 g/mol. The van der Waals surface area contributed by atoms with Gasteiger partial charge in [-0.05, 0) is 54.2 Å². The molecule has 0 saturated carbocycles. The molecule has 0 bridgehead atoms. The number of hydrogen-bond donors (Lipinski definition) is 4. The molecule has 10 nitrogen and oxygen atoms in total. The first-order chi connectivity index (χ1) is 17.4. The summed E-state index contributed by atoms with van der Waals surface area (Å²) in [5, 5.41) is 12.0. The molecule has 4 aromatic rings. The Bertz CT molecular complexity index is 1530. The number of carbonyl (C=O) groups excluding carboxylic acids is 2. The third-order valence-electron chi connectivity index (χ3n) is 6.11. The Morgan fingerprint density at radius 2 is 1.89 bits per heavy atom. The summed E-state index contributed by atoms with van der Waals surface area (Å²) in [6.45, 7) is 1.84. The third kappa shape index (κ3) is 4.76. The van der Waals surface area contributed by atoms with E-state index in [0.29, 0.717) is 17.8 Å². The van der Waals surface area contributed by atoms with Crippen molar-refractivity contribution in [2.24, 2.45) is 0 Å². The Balaban J connectivity index is 1.24. The van der Waals surface area contributed by atoms with Crippen molar-refractivity contribution >= 4 is 11.8 Å². The van der Waals surface area contributed by atoms with Crippen LogP contribution in [0.2, 0.25) is 0 Å². The van der Waals surface area contributed by atoms with Crippen LogP contribution in [0.5, 0.6) is 0 Å². The molecule has 1 aliphatic rings. The Morgan fingerprint density at radius 1 is 1.08 bits per heavy atom. The molecule has 0 radical (unpaired) electrons. The fourth-order valence-corrected chi connectivity index (χ4v) is 4.25. The second kappa shape index (κ2) is 9.53. The maximum atomic E-state index is 13.4. The summed E-state index contributed by atoms with van der Waals surface area (Å²) in [4.78, 5) is 47.4. The standard InChI is InChI=1S/C25H22FN7O3/c1-13-8-14(2-6-18(13)26)11-27-23(34)20-10-21(29-12-28-20)24(35)30-19-7-4-15-9-16(3-5-17(15)19)22-31-25(36)33-32-22/h2-3,5-6,8-10,12,19H,4,7,11H2,1H3,(H,27,34)(H,30,35)(H2,31,32,33,36). The number of nitrogens with one attached hydrogen (secondary N) is 4. The third-order valence-corrected chi connectivity index (χ3v) is 6.11. The fourth-order valence-electron chi connectivity index (χ4n) is 4.25. The van der Waals surface area contributed by atoms with Crippen molar-refractivity contribution in [3.63, 3.8) is 0 Å². The zero-order valence-corrected chi connectivity index (χ0v) is 19.3. The predicted octanol–water partition coefficient (Wildman–Crippen LogP) is 2.35. The first-order valence-corrected chi connectivity index (χ1v) is 11.3. The molecule has 4 N–H and O–H groups in total. The first kappa shape index (κ1) is 23.1. The second-order valence-electron chi connectivity index (χ2n) is 8.56. The average Bonchev–Trinajstić information content (AvgIpc) is 3.50. The number of aryl methyl sites for hydroxylation is 2. The molecule has 1 atom stereocenters. The lowest BCUT2D eigenvalue weighted by Crippen LogP contribution is -2.29. The molecule has 5 rings (SSSR count). The van der Waals surface area contributed by atoms with Crippen LogP contribution >= 0.6 is 0 Å². The van der Waals surface area contributed by atoms with Crippen molar-refractivity contribution in [3.05, 3.63) is 98.7 Å². The molecule has 2 amide bonds. The van der Waals surface area contributed by atoms with E-state index in [-0.39, 0.29) is 35.5 Å². The van der Waals surface area contributed by atoms with E-state index >= 15 is 0 Å². The highest BCUT2D eigenvalue weighted by molar-refractivity contribution is 5.97. The van der Waals surface area contributed by atoms with Gasteiger partial charge in [0.05, 0.1) is 6.04 Å².